The molecule has 3 aromatic rings. The molecular formula is C17H15F4N5. The number of aromatic nitrogens is 3. The average molecular weight is 365 g/mol. The molecule has 0 aliphatic carbocycles. The van der Waals surface area contributed by atoms with Crippen LogP contribution in [0.1, 0.15) is 17.2 Å². The fraction of sp³-hybridized carbons (Fsp3) is 0.235. The summed E-state index contributed by atoms with van der Waals surface area (Å²) in [5.74, 6) is -0.924. The molecule has 0 unspecified atom stereocenters. The first-order valence-electron chi connectivity index (χ1n) is 7.73. The molecule has 0 spiro atoms. The maximum Gasteiger partial charge on any atom is 0.419 e. The molecule has 0 bridgehead atoms. The topological polar surface area (TPSA) is 62.7 Å². The summed E-state index contributed by atoms with van der Waals surface area (Å²) in [6, 6.07) is 5.83. The average Bonchev–Trinajstić information content (AvgIpc) is 2.61. The number of benzene rings is 1. The van der Waals surface area contributed by atoms with E-state index in [9.17, 15) is 17.6 Å². The van der Waals surface area contributed by atoms with Crippen LogP contribution in [0, 0.1) is 5.82 Å². The van der Waals surface area contributed by atoms with E-state index in [1.54, 1.807) is 25.4 Å². The highest BCUT2D eigenvalue weighted by Gasteiger charge is 2.34. The molecule has 1 atom stereocenters. The zero-order chi connectivity index (χ0) is 18.7. The number of anilines is 1. The number of rotatable bonds is 5. The quantitative estimate of drug-likeness (QED) is 0.677. The van der Waals surface area contributed by atoms with Crippen molar-refractivity contribution in [3.8, 4) is 0 Å². The fourth-order valence-corrected chi connectivity index (χ4v) is 2.60. The third-order valence-electron chi connectivity index (χ3n) is 3.81. The summed E-state index contributed by atoms with van der Waals surface area (Å²) in [6.45, 7) is 0.293. The smallest absolute Gasteiger partial charge is 0.360 e. The molecule has 0 amide bonds. The third-order valence-corrected chi connectivity index (χ3v) is 3.81. The molecular weight excluding hydrogens is 350 g/mol. The van der Waals surface area contributed by atoms with Gasteiger partial charge in [0.25, 0.3) is 0 Å². The summed E-state index contributed by atoms with van der Waals surface area (Å²) < 4.78 is 52.6. The summed E-state index contributed by atoms with van der Waals surface area (Å²) in [5.41, 5.74) is 0.0666. The van der Waals surface area contributed by atoms with Gasteiger partial charge in [0.15, 0.2) is 5.82 Å². The Morgan fingerprint density at radius 3 is 2.65 bits per heavy atom. The van der Waals surface area contributed by atoms with Gasteiger partial charge in [-0.25, -0.2) is 14.4 Å². The largest absolute Gasteiger partial charge is 0.419 e. The highest BCUT2D eigenvalue weighted by Crippen LogP contribution is 2.33. The van der Waals surface area contributed by atoms with Crippen LogP contribution in [-0.2, 0) is 6.18 Å². The van der Waals surface area contributed by atoms with Crippen LogP contribution in [0.5, 0.6) is 0 Å². The van der Waals surface area contributed by atoms with Crippen LogP contribution >= 0.6 is 0 Å². The molecule has 136 valence electrons. The molecule has 5 nitrogen and oxygen atoms in total. The Labute approximate surface area is 146 Å². The van der Waals surface area contributed by atoms with Gasteiger partial charge in [0.2, 0.25) is 0 Å². The highest BCUT2D eigenvalue weighted by molar-refractivity contribution is 5.84. The van der Waals surface area contributed by atoms with E-state index in [1.165, 1.54) is 12.4 Å². The van der Waals surface area contributed by atoms with E-state index in [0.717, 1.165) is 12.1 Å². The molecule has 0 saturated heterocycles. The van der Waals surface area contributed by atoms with Crippen LogP contribution in [0.2, 0.25) is 0 Å². The molecule has 3 rings (SSSR count). The second-order valence-electron chi connectivity index (χ2n) is 5.59. The van der Waals surface area contributed by atoms with E-state index in [1.807, 2.05) is 0 Å². The third kappa shape index (κ3) is 3.72. The number of halogens is 4. The Morgan fingerprint density at radius 2 is 1.92 bits per heavy atom. The van der Waals surface area contributed by atoms with Crippen molar-refractivity contribution in [1.82, 2.24) is 20.3 Å². The van der Waals surface area contributed by atoms with Gasteiger partial charge >= 0.3 is 6.18 Å². The molecule has 26 heavy (non-hydrogen) atoms. The first kappa shape index (κ1) is 18.0. The van der Waals surface area contributed by atoms with E-state index in [4.69, 9.17) is 0 Å². The minimum atomic E-state index is -4.77. The second-order valence-corrected chi connectivity index (χ2v) is 5.59. The molecule has 2 N–H and O–H groups in total. The standard InChI is InChI=1S/C17H15F4N5/c1-22-8-14(10-4-5-12(18)11(7-10)17(19,20)21)26-16-15-13(24-9-25-16)3-2-6-23-15/h2-7,9,14,22H,8H2,1H3,(H,24,25,26)/t14-/m1/s1. The normalized spacial score (nSPS) is 13.0. The first-order chi connectivity index (χ1) is 12.4. The van der Waals surface area contributed by atoms with Crippen LogP contribution in [0.4, 0.5) is 23.4 Å². The van der Waals surface area contributed by atoms with Crippen LogP contribution in [-0.4, -0.2) is 28.5 Å². The van der Waals surface area contributed by atoms with Gasteiger partial charge in [0, 0.05) is 12.7 Å². The van der Waals surface area contributed by atoms with E-state index < -0.39 is 23.6 Å². The maximum absolute atomic E-state index is 13.6. The van der Waals surface area contributed by atoms with Crippen molar-refractivity contribution in [2.75, 3.05) is 18.9 Å². The van der Waals surface area contributed by atoms with E-state index >= 15 is 0 Å². The second kappa shape index (κ2) is 7.20. The molecule has 0 fully saturated rings. The molecule has 2 heterocycles. The fourth-order valence-electron chi connectivity index (χ4n) is 2.60. The van der Waals surface area contributed by atoms with E-state index in [-0.39, 0.29) is 5.56 Å². The van der Waals surface area contributed by atoms with Gasteiger partial charge in [-0.15, -0.1) is 0 Å². The van der Waals surface area contributed by atoms with Crippen molar-refractivity contribution in [3.05, 3.63) is 59.8 Å². The van der Waals surface area contributed by atoms with Gasteiger partial charge in [-0.05, 0) is 36.9 Å². The number of fused-ring (bicyclic) bond motifs is 1. The first-order valence-corrected chi connectivity index (χ1v) is 7.73. The van der Waals surface area contributed by atoms with Crippen molar-refractivity contribution in [1.29, 1.82) is 0 Å². The van der Waals surface area contributed by atoms with Gasteiger partial charge in [0.1, 0.15) is 17.7 Å². The Balaban J connectivity index is 2.00. The number of likely N-dealkylation sites (N-methyl/N-ethyl adjacent to an activating group) is 1. The summed E-state index contributed by atoms with van der Waals surface area (Å²) >= 11 is 0. The van der Waals surface area contributed by atoms with Crippen LogP contribution in [0.15, 0.2) is 42.9 Å². The number of nitrogens with one attached hydrogen (secondary N) is 2. The van der Waals surface area contributed by atoms with Crippen LogP contribution in [0.3, 0.4) is 0 Å². The lowest BCUT2D eigenvalue weighted by Crippen LogP contribution is -2.25. The van der Waals surface area contributed by atoms with Crippen LogP contribution in [0.25, 0.3) is 11.0 Å². The van der Waals surface area contributed by atoms with Crippen molar-refractivity contribution in [2.24, 2.45) is 0 Å². The number of nitrogens with zero attached hydrogens (tertiary/aromatic N) is 3. The lowest BCUT2D eigenvalue weighted by Gasteiger charge is -2.21. The number of pyridine rings is 1. The minimum absolute atomic E-state index is 0.274. The van der Waals surface area contributed by atoms with Crippen molar-refractivity contribution >= 4 is 16.9 Å². The SMILES string of the molecule is CNC[C@@H](Nc1ncnc2cccnc12)c1ccc(F)c(C(F)(F)F)c1. The molecule has 0 radical (unpaired) electrons. The van der Waals surface area contributed by atoms with Gasteiger partial charge in [0.05, 0.1) is 17.1 Å². The summed E-state index contributed by atoms with van der Waals surface area (Å²) in [6.07, 6.45) is -1.86. The van der Waals surface area contributed by atoms with E-state index in [2.05, 4.69) is 25.6 Å². The summed E-state index contributed by atoms with van der Waals surface area (Å²) in [4.78, 5) is 12.4. The number of hydrogen-bond donors (Lipinski definition) is 2. The van der Waals surface area contributed by atoms with E-state index in [0.29, 0.717) is 23.4 Å². The maximum atomic E-state index is 13.6. The highest BCUT2D eigenvalue weighted by atomic mass is 19.4. The summed E-state index contributed by atoms with van der Waals surface area (Å²) in [7, 11) is 1.67. The molecule has 1 aromatic carbocycles. The lowest BCUT2D eigenvalue weighted by molar-refractivity contribution is -0.140. The molecule has 0 aliphatic heterocycles. The van der Waals surface area contributed by atoms with Crippen molar-refractivity contribution in [2.45, 2.75) is 12.2 Å². The Kier molecular flexibility index (Phi) is 4.99. The number of hydrogen-bond acceptors (Lipinski definition) is 5. The van der Waals surface area contributed by atoms with Crippen LogP contribution < -0.4 is 10.6 Å². The predicted octanol–water partition coefficient (Wildman–Crippen LogP) is 3.56. The Morgan fingerprint density at radius 1 is 1.12 bits per heavy atom. The molecule has 2 aromatic heterocycles. The molecule has 9 heteroatoms. The van der Waals surface area contributed by atoms with Gasteiger partial charge in [-0.2, -0.15) is 13.2 Å². The number of alkyl halides is 3. The minimum Gasteiger partial charge on any atom is -0.360 e. The van der Waals surface area contributed by atoms with Gasteiger partial charge in [-0.1, -0.05) is 6.07 Å². The zero-order valence-electron chi connectivity index (χ0n) is 13.7. The zero-order valence-corrected chi connectivity index (χ0v) is 13.7. The Bertz CT molecular complexity index is 908. The molecule has 0 aliphatic rings. The van der Waals surface area contributed by atoms with Gasteiger partial charge in [-0.3, -0.25) is 4.98 Å². The summed E-state index contributed by atoms with van der Waals surface area (Å²) in [5, 5.41) is 5.98. The van der Waals surface area contributed by atoms with Gasteiger partial charge < -0.3 is 10.6 Å². The molecule has 0 saturated carbocycles. The van der Waals surface area contributed by atoms with Crippen molar-refractivity contribution < 1.29 is 17.6 Å². The lowest BCUT2D eigenvalue weighted by atomic mass is 10.0. The Hall–Kier alpha value is -2.81. The monoisotopic (exact) mass is 365 g/mol. The van der Waals surface area contributed by atoms with Crippen molar-refractivity contribution in [3.63, 3.8) is 0 Å². The predicted molar refractivity (Wildman–Crippen MR) is 89.0 cm³/mol.